The standard InChI is InChI=1S/C15H14BrF3N2O2S/c16-13-6-5-12(24-13)8-21-14(22)20-7-10-1-3-11(4-2-10)23-9-15(17,18)19/h1-6H,7-9H2,(H2,20,21,22). The third kappa shape index (κ3) is 6.79. The molecule has 4 nitrogen and oxygen atoms in total. The van der Waals surface area contributed by atoms with E-state index in [9.17, 15) is 18.0 Å². The number of nitrogens with one attached hydrogen (secondary N) is 2. The van der Waals surface area contributed by atoms with Crippen molar-refractivity contribution in [1.29, 1.82) is 0 Å². The van der Waals surface area contributed by atoms with Crippen LogP contribution in [-0.4, -0.2) is 18.8 Å². The number of alkyl halides is 3. The number of urea groups is 1. The Morgan fingerprint density at radius 2 is 1.75 bits per heavy atom. The molecule has 24 heavy (non-hydrogen) atoms. The molecule has 2 N–H and O–H groups in total. The number of hydrogen-bond donors (Lipinski definition) is 2. The maximum absolute atomic E-state index is 12.0. The summed E-state index contributed by atoms with van der Waals surface area (Å²) in [6, 6.07) is 9.56. The molecule has 0 fully saturated rings. The van der Waals surface area contributed by atoms with Crippen molar-refractivity contribution in [3.63, 3.8) is 0 Å². The van der Waals surface area contributed by atoms with Crippen molar-refractivity contribution in [2.24, 2.45) is 0 Å². The van der Waals surface area contributed by atoms with Crippen molar-refractivity contribution in [3.05, 3.63) is 50.6 Å². The molecule has 0 unspecified atom stereocenters. The second kappa shape index (κ2) is 8.39. The molecule has 0 atom stereocenters. The summed E-state index contributed by atoms with van der Waals surface area (Å²) in [5, 5.41) is 5.39. The van der Waals surface area contributed by atoms with Gasteiger partial charge in [-0.1, -0.05) is 12.1 Å². The molecule has 0 aliphatic heterocycles. The fourth-order valence-corrected chi connectivity index (χ4v) is 3.15. The molecular formula is C15H14BrF3N2O2S. The number of carbonyl (C=O) groups excluding carboxylic acids is 1. The lowest BCUT2D eigenvalue weighted by molar-refractivity contribution is -0.153. The smallest absolute Gasteiger partial charge is 0.422 e. The molecule has 0 aliphatic rings. The molecule has 0 spiro atoms. The average molecular weight is 423 g/mol. The summed E-state index contributed by atoms with van der Waals surface area (Å²) >= 11 is 4.88. The van der Waals surface area contributed by atoms with Crippen molar-refractivity contribution < 1.29 is 22.7 Å². The zero-order chi connectivity index (χ0) is 17.6. The minimum absolute atomic E-state index is 0.129. The Morgan fingerprint density at radius 1 is 1.08 bits per heavy atom. The van der Waals surface area contributed by atoms with Gasteiger partial charge in [-0.3, -0.25) is 0 Å². The van der Waals surface area contributed by atoms with E-state index in [1.807, 2.05) is 12.1 Å². The Labute approximate surface area is 149 Å². The predicted molar refractivity (Wildman–Crippen MR) is 89.1 cm³/mol. The van der Waals surface area contributed by atoms with Crippen LogP contribution in [0.5, 0.6) is 5.75 Å². The van der Waals surface area contributed by atoms with Crippen LogP contribution in [0.15, 0.2) is 40.2 Å². The van der Waals surface area contributed by atoms with E-state index in [1.165, 1.54) is 23.5 Å². The van der Waals surface area contributed by atoms with Crippen LogP contribution >= 0.6 is 27.3 Å². The van der Waals surface area contributed by atoms with Gasteiger partial charge in [-0.2, -0.15) is 13.2 Å². The highest BCUT2D eigenvalue weighted by Crippen LogP contribution is 2.21. The summed E-state index contributed by atoms with van der Waals surface area (Å²) in [6.07, 6.45) is -4.36. The first-order valence-corrected chi connectivity index (χ1v) is 8.47. The van der Waals surface area contributed by atoms with Crippen LogP contribution in [0.2, 0.25) is 0 Å². The van der Waals surface area contributed by atoms with Crippen molar-refractivity contribution in [3.8, 4) is 5.75 Å². The molecule has 2 aromatic rings. The lowest BCUT2D eigenvalue weighted by atomic mass is 10.2. The molecule has 0 saturated carbocycles. The molecule has 0 saturated heterocycles. The number of carbonyl (C=O) groups is 1. The van der Waals surface area contributed by atoms with E-state index in [-0.39, 0.29) is 18.3 Å². The predicted octanol–water partition coefficient (Wildman–Crippen LogP) is 4.45. The highest BCUT2D eigenvalue weighted by atomic mass is 79.9. The van der Waals surface area contributed by atoms with Gasteiger partial charge in [0.1, 0.15) is 5.75 Å². The van der Waals surface area contributed by atoms with Crippen LogP contribution < -0.4 is 15.4 Å². The van der Waals surface area contributed by atoms with Crippen LogP contribution in [0, 0.1) is 0 Å². The van der Waals surface area contributed by atoms with Gasteiger partial charge < -0.3 is 15.4 Å². The maximum atomic E-state index is 12.0. The van der Waals surface area contributed by atoms with E-state index in [2.05, 4.69) is 31.3 Å². The molecule has 9 heteroatoms. The Morgan fingerprint density at radius 3 is 2.33 bits per heavy atom. The fraction of sp³-hybridized carbons (Fsp3) is 0.267. The molecule has 1 heterocycles. The number of thiophene rings is 1. The first-order valence-electron chi connectivity index (χ1n) is 6.86. The van der Waals surface area contributed by atoms with Crippen molar-refractivity contribution >= 4 is 33.3 Å². The Hall–Kier alpha value is -1.74. The minimum atomic E-state index is -4.36. The maximum Gasteiger partial charge on any atom is 0.422 e. The van der Waals surface area contributed by atoms with Gasteiger partial charge in [0.25, 0.3) is 0 Å². The quantitative estimate of drug-likeness (QED) is 0.722. The first-order chi connectivity index (χ1) is 11.3. The summed E-state index contributed by atoms with van der Waals surface area (Å²) in [6.45, 7) is -0.641. The second-order valence-corrected chi connectivity index (χ2v) is 7.34. The van der Waals surface area contributed by atoms with E-state index in [0.29, 0.717) is 6.54 Å². The van der Waals surface area contributed by atoms with Gasteiger partial charge in [-0.05, 0) is 45.8 Å². The van der Waals surface area contributed by atoms with Crippen molar-refractivity contribution in [1.82, 2.24) is 10.6 Å². The Bertz CT molecular complexity index is 674. The summed E-state index contributed by atoms with van der Waals surface area (Å²) in [5.74, 6) is 0.129. The SMILES string of the molecule is O=C(NCc1ccc(OCC(F)(F)F)cc1)NCc1ccc(Br)s1. The minimum Gasteiger partial charge on any atom is -0.484 e. The molecule has 2 rings (SSSR count). The molecular weight excluding hydrogens is 409 g/mol. The molecule has 0 aliphatic carbocycles. The molecule has 2 amide bonds. The van der Waals surface area contributed by atoms with Gasteiger partial charge >= 0.3 is 12.2 Å². The van der Waals surface area contributed by atoms with Crippen molar-refractivity contribution in [2.75, 3.05) is 6.61 Å². The van der Waals surface area contributed by atoms with E-state index in [0.717, 1.165) is 14.2 Å². The number of halogens is 4. The van der Waals surface area contributed by atoms with Crippen LogP contribution in [0.4, 0.5) is 18.0 Å². The van der Waals surface area contributed by atoms with Gasteiger partial charge in [-0.15, -0.1) is 11.3 Å². The summed E-state index contributed by atoms with van der Waals surface area (Å²) in [5.41, 5.74) is 0.753. The van der Waals surface area contributed by atoms with Gasteiger partial charge in [0.05, 0.1) is 10.3 Å². The van der Waals surface area contributed by atoms with Crippen LogP contribution in [0.25, 0.3) is 0 Å². The largest absolute Gasteiger partial charge is 0.484 e. The van der Waals surface area contributed by atoms with Crippen LogP contribution in [-0.2, 0) is 13.1 Å². The summed E-state index contributed by atoms with van der Waals surface area (Å²) < 4.78 is 41.7. The third-order valence-electron chi connectivity index (χ3n) is 2.83. The van der Waals surface area contributed by atoms with E-state index in [4.69, 9.17) is 0 Å². The topological polar surface area (TPSA) is 50.4 Å². The lowest BCUT2D eigenvalue weighted by Crippen LogP contribution is -2.34. The van der Waals surface area contributed by atoms with Crippen molar-refractivity contribution in [2.45, 2.75) is 19.3 Å². The molecule has 0 radical (unpaired) electrons. The van der Waals surface area contributed by atoms with Gasteiger partial charge in [0.2, 0.25) is 0 Å². The zero-order valence-corrected chi connectivity index (χ0v) is 14.7. The highest BCUT2D eigenvalue weighted by Gasteiger charge is 2.28. The Balaban J connectivity index is 1.72. The van der Waals surface area contributed by atoms with Gasteiger partial charge in [-0.25, -0.2) is 4.79 Å². The number of ether oxygens (including phenoxy) is 1. The van der Waals surface area contributed by atoms with Crippen LogP contribution in [0.3, 0.4) is 0 Å². The summed E-state index contributed by atoms with van der Waals surface area (Å²) in [7, 11) is 0. The number of benzene rings is 1. The molecule has 1 aromatic carbocycles. The van der Waals surface area contributed by atoms with Crippen LogP contribution in [0.1, 0.15) is 10.4 Å². The molecule has 0 bridgehead atoms. The number of hydrogen-bond acceptors (Lipinski definition) is 3. The lowest BCUT2D eigenvalue weighted by Gasteiger charge is -2.10. The molecule has 1 aromatic heterocycles. The van der Waals surface area contributed by atoms with E-state index < -0.39 is 12.8 Å². The van der Waals surface area contributed by atoms with E-state index >= 15 is 0 Å². The molecule has 130 valence electrons. The number of rotatable bonds is 6. The Kier molecular flexibility index (Phi) is 6.50. The third-order valence-corrected chi connectivity index (χ3v) is 4.45. The van der Waals surface area contributed by atoms with Gasteiger partial charge in [0, 0.05) is 11.4 Å². The fourth-order valence-electron chi connectivity index (χ4n) is 1.73. The first kappa shape index (κ1) is 18.6. The normalized spacial score (nSPS) is 11.2. The van der Waals surface area contributed by atoms with Gasteiger partial charge in [0.15, 0.2) is 6.61 Å². The zero-order valence-electron chi connectivity index (χ0n) is 12.3. The monoisotopic (exact) mass is 422 g/mol. The van der Waals surface area contributed by atoms with E-state index in [1.54, 1.807) is 12.1 Å². The highest BCUT2D eigenvalue weighted by molar-refractivity contribution is 9.11. The number of amides is 2. The average Bonchev–Trinajstić information content (AvgIpc) is 2.95. The summed E-state index contributed by atoms with van der Waals surface area (Å²) in [4.78, 5) is 12.7. The second-order valence-electron chi connectivity index (χ2n) is 4.79.